The molecule has 0 aromatic rings. The Morgan fingerprint density at radius 1 is 1.25 bits per heavy atom. The third kappa shape index (κ3) is 3.70. The van der Waals surface area contributed by atoms with Gasteiger partial charge in [-0.05, 0) is 45.8 Å². The fourth-order valence-electron chi connectivity index (χ4n) is 2.28. The average Bonchev–Trinajstić information content (AvgIpc) is 2.51. The topological polar surface area (TPSA) is 55.7 Å². The lowest BCUT2D eigenvalue weighted by Gasteiger charge is -2.34. The summed E-state index contributed by atoms with van der Waals surface area (Å²) in [6.07, 6.45) is 4.17. The van der Waals surface area contributed by atoms with Gasteiger partial charge in [-0.1, -0.05) is 6.92 Å². The zero-order valence-electron chi connectivity index (χ0n) is 10.6. The second-order valence-electron chi connectivity index (χ2n) is 5.03. The van der Waals surface area contributed by atoms with Crippen LogP contribution >= 0.6 is 0 Å². The molecule has 1 aliphatic heterocycles. The molecule has 0 aliphatic carbocycles. The highest BCUT2D eigenvalue weighted by Gasteiger charge is 2.29. The molecule has 1 saturated heterocycles. The summed E-state index contributed by atoms with van der Waals surface area (Å²) in [7, 11) is 2.15. The van der Waals surface area contributed by atoms with Crippen molar-refractivity contribution < 1.29 is 10.2 Å². The van der Waals surface area contributed by atoms with Crippen molar-refractivity contribution in [2.24, 2.45) is 0 Å². The van der Waals surface area contributed by atoms with Crippen LogP contribution in [0.4, 0.5) is 0 Å². The van der Waals surface area contributed by atoms with Crippen LogP contribution in [-0.2, 0) is 0 Å². The Bertz CT molecular complexity index is 187. The van der Waals surface area contributed by atoms with Gasteiger partial charge in [0.15, 0.2) is 0 Å². The molecule has 0 saturated carbocycles. The van der Waals surface area contributed by atoms with Gasteiger partial charge in [0.1, 0.15) is 0 Å². The molecule has 1 fully saturated rings. The largest absolute Gasteiger partial charge is 0.394 e. The lowest BCUT2D eigenvalue weighted by molar-refractivity contribution is 0.0756. The van der Waals surface area contributed by atoms with Crippen LogP contribution in [0, 0.1) is 0 Å². The van der Waals surface area contributed by atoms with Gasteiger partial charge in [-0.2, -0.15) is 0 Å². The highest BCUT2D eigenvalue weighted by atomic mass is 16.3. The van der Waals surface area contributed by atoms with Crippen LogP contribution in [0.25, 0.3) is 0 Å². The van der Waals surface area contributed by atoms with Crippen LogP contribution < -0.4 is 5.32 Å². The van der Waals surface area contributed by atoms with Crippen LogP contribution in [0.1, 0.15) is 32.6 Å². The van der Waals surface area contributed by atoms with Gasteiger partial charge in [0.2, 0.25) is 0 Å². The SMILES string of the molecule is CCC(CO)(CO)NC1CCCN(C)CC1. The number of aliphatic hydroxyl groups is 2. The van der Waals surface area contributed by atoms with Gasteiger partial charge < -0.3 is 20.4 Å². The molecule has 0 aromatic carbocycles. The second-order valence-corrected chi connectivity index (χ2v) is 5.03. The van der Waals surface area contributed by atoms with E-state index in [1.54, 1.807) is 0 Å². The van der Waals surface area contributed by atoms with Crippen LogP contribution in [-0.4, -0.2) is 60.0 Å². The summed E-state index contributed by atoms with van der Waals surface area (Å²) in [6, 6.07) is 0.421. The van der Waals surface area contributed by atoms with Crippen molar-refractivity contribution in [2.45, 2.75) is 44.2 Å². The predicted molar refractivity (Wildman–Crippen MR) is 65.5 cm³/mol. The molecule has 3 N–H and O–H groups in total. The van der Waals surface area contributed by atoms with Crippen molar-refractivity contribution in [1.82, 2.24) is 10.2 Å². The summed E-state index contributed by atoms with van der Waals surface area (Å²) in [5.74, 6) is 0. The smallest absolute Gasteiger partial charge is 0.0647 e. The highest BCUT2D eigenvalue weighted by Crippen LogP contribution is 2.16. The first-order valence-electron chi connectivity index (χ1n) is 6.34. The molecule has 0 aromatic heterocycles. The van der Waals surface area contributed by atoms with Crippen LogP contribution in [0.3, 0.4) is 0 Å². The average molecular weight is 230 g/mol. The van der Waals surface area contributed by atoms with E-state index in [1.165, 1.54) is 6.42 Å². The van der Waals surface area contributed by atoms with Gasteiger partial charge in [-0.25, -0.2) is 0 Å². The quantitative estimate of drug-likeness (QED) is 0.631. The van der Waals surface area contributed by atoms with E-state index < -0.39 is 5.54 Å². The van der Waals surface area contributed by atoms with E-state index in [1.807, 2.05) is 6.92 Å². The summed E-state index contributed by atoms with van der Waals surface area (Å²) in [4.78, 5) is 2.34. The van der Waals surface area contributed by atoms with Crippen molar-refractivity contribution in [3.63, 3.8) is 0 Å². The van der Waals surface area contributed by atoms with Gasteiger partial charge in [0.25, 0.3) is 0 Å². The highest BCUT2D eigenvalue weighted by molar-refractivity contribution is 4.89. The molecule has 4 nitrogen and oxygen atoms in total. The molecule has 1 rings (SSSR count). The fraction of sp³-hybridized carbons (Fsp3) is 1.00. The Morgan fingerprint density at radius 2 is 1.94 bits per heavy atom. The molecule has 1 aliphatic rings. The minimum absolute atomic E-state index is 0.00629. The van der Waals surface area contributed by atoms with Crippen LogP contribution in [0.5, 0.6) is 0 Å². The summed E-state index contributed by atoms with van der Waals surface area (Å²) < 4.78 is 0. The molecule has 1 unspecified atom stereocenters. The number of nitrogens with zero attached hydrogens (tertiary/aromatic N) is 1. The van der Waals surface area contributed by atoms with Crippen molar-refractivity contribution >= 4 is 0 Å². The van der Waals surface area contributed by atoms with E-state index in [4.69, 9.17) is 0 Å². The first-order valence-corrected chi connectivity index (χ1v) is 6.34. The summed E-state index contributed by atoms with van der Waals surface area (Å²) >= 11 is 0. The zero-order valence-corrected chi connectivity index (χ0v) is 10.6. The predicted octanol–water partition coefficient (Wildman–Crippen LogP) is 0.194. The molecular weight excluding hydrogens is 204 g/mol. The lowest BCUT2D eigenvalue weighted by atomic mass is 9.95. The standard InChI is InChI=1S/C12H26N2O2/c1-3-12(9-15,10-16)13-11-5-4-7-14(2)8-6-11/h11,13,15-16H,3-10H2,1-2H3. The Balaban J connectivity index is 2.50. The Kier molecular flexibility index (Phi) is 5.69. The molecule has 1 heterocycles. The number of aliphatic hydroxyl groups excluding tert-OH is 2. The maximum absolute atomic E-state index is 9.40. The number of nitrogens with one attached hydrogen (secondary N) is 1. The maximum Gasteiger partial charge on any atom is 0.0647 e. The number of rotatable bonds is 5. The number of hydrogen-bond acceptors (Lipinski definition) is 4. The van der Waals surface area contributed by atoms with E-state index in [0.717, 1.165) is 32.4 Å². The van der Waals surface area contributed by atoms with E-state index in [2.05, 4.69) is 17.3 Å². The first-order chi connectivity index (χ1) is 7.65. The van der Waals surface area contributed by atoms with Gasteiger partial charge in [0.05, 0.1) is 18.8 Å². The fourth-order valence-corrected chi connectivity index (χ4v) is 2.28. The molecule has 1 atom stereocenters. The van der Waals surface area contributed by atoms with E-state index in [0.29, 0.717) is 6.04 Å². The monoisotopic (exact) mass is 230 g/mol. The number of likely N-dealkylation sites (tertiary alicyclic amines) is 1. The summed E-state index contributed by atoms with van der Waals surface area (Å²) in [6.45, 7) is 4.25. The van der Waals surface area contributed by atoms with Crippen LogP contribution in [0.2, 0.25) is 0 Å². The Morgan fingerprint density at radius 3 is 2.50 bits per heavy atom. The first kappa shape index (κ1) is 13.9. The second kappa shape index (κ2) is 6.55. The Hall–Kier alpha value is -0.160. The molecular formula is C12H26N2O2. The molecule has 0 amide bonds. The zero-order chi connectivity index (χ0) is 12.0. The molecule has 0 bridgehead atoms. The normalized spacial score (nSPS) is 24.4. The van der Waals surface area contributed by atoms with Gasteiger partial charge >= 0.3 is 0 Å². The van der Waals surface area contributed by atoms with E-state index in [9.17, 15) is 10.2 Å². The van der Waals surface area contributed by atoms with Crippen LogP contribution in [0.15, 0.2) is 0 Å². The molecule has 96 valence electrons. The minimum atomic E-state index is -0.492. The molecule has 0 radical (unpaired) electrons. The molecule has 16 heavy (non-hydrogen) atoms. The minimum Gasteiger partial charge on any atom is -0.394 e. The van der Waals surface area contributed by atoms with Crippen molar-refractivity contribution in [3.05, 3.63) is 0 Å². The van der Waals surface area contributed by atoms with E-state index in [-0.39, 0.29) is 13.2 Å². The van der Waals surface area contributed by atoms with Gasteiger partial charge in [-0.3, -0.25) is 0 Å². The third-order valence-electron chi connectivity index (χ3n) is 3.74. The van der Waals surface area contributed by atoms with Gasteiger partial charge in [0, 0.05) is 6.04 Å². The molecule has 4 heteroatoms. The third-order valence-corrected chi connectivity index (χ3v) is 3.74. The van der Waals surface area contributed by atoms with Crippen molar-refractivity contribution in [2.75, 3.05) is 33.4 Å². The number of hydrogen-bond donors (Lipinski definition) is 3. The maximum atomic E-state index is 9.40. The van der Waals surface area contributed by atoms with E-state index >= 15 is 0 Å². The molecule has 0 spiro atoms. The lowest BCUT2D eigenvalue weighted by Crippen LogP contribution is -2.55. The van der Waals surface area contributed by atoms with Gasteiger partial charge in [-0.15, -0.1) is 0 Å². The van der Waals surface area contributed by atoms with Crippen molar-refractivity contribution in [3.8, 4) is 0 Å². The summed E-state index contributed by atoms with van der Waals surface area (Å²) in [5.41, 5.74) is -0.492. The Labute approximate surface area is 98.6 Å². The summed E-state index contributed by atoms with van der Waals surface area (Å²) in [5, 5.41) is 22.2. The van der Waals surface area contributed by atoms with Crippen molar-refractivity contribution in [1.29, 1.82) is 0 Å².